The van der Waals surface area contributed by atoms with Crippen LogP contribution in [0.25, 0.3) is 0 Å². The highest BCUT2D eigenvalue weighted by atomic mass is 32.1. The lowest BCUT2D eigenvalue weighted by atomic mass is 10.1. The second kappa shape index (κ2) is 5.14. The number of amides is 1. The third-order valence-corrected chi connectivity index (χ3v) is 3.06. The van der Waals surface area contributed by atoms with Gasteiger partial charge in [0.2, 0.25) is 0 Å². The van der Waals surface area contributed by atoms with Crippen LogP contribution in [-0.4, -0.2) is 15.9 Å². The van der Waals surface area contributed by atoms with Gasteiger partial charge in [-0.3, -0.25) is 10.1 Å². The summed E-state index contributed by atoms with van der Waals surface area (Å²) < 4.78 is 0. The molecule has 6 heteroatoms. The summed E-state index contributed by atoms with van der Waals surface area (Å²) in [6.45, 7) is 4.01. The van der Waals surface area contributed by atoms with Crippen LogP contribution in [0.3, 0.4) is 0 Å². The second-order valence-corrected chi connectivity index (χ2v) is 5.05. The number of anilines is 2. The van der Waals surface area contributed by atoms with Gasteiger partial charge in [-0.1, -0.05) is 13.8 Å². The first kappa shape index (κ1) is 12.5. The predicted molar refractivity (Wildman–Crippen MR) is 72.8 cm³/mol. The molecule has 0 unspecified atom stereocenters. The molecule has 2 heterocycles. The van der Waals surface area contributed by atoms with E-state index in [1.165, 1.54) is 11.3 Å². The minimum absolute atomic E-state index is 0.221. The van der Waals surface area contributed by atoms with Crippen LogP contribution in [0.5, 0.6) is 0 Å². The number of aromatic nitrogens is 2. The lowest BCUT2D eigenvalue weighted by Gasteiger charge is -2.08. The fourth-order valence-corrected chi connectivity index (χ4v) is 1.98. The van der Waals surface area contributed by atoms with Gasteiger partial charge in [0.25, 0.3) is 5.91 Å². The Bertz CT molecular complexity index is 551. The number of nitrogens with one attached hydrogen (secondary N) is 1. The van der Waals surface area contributed by atoms with Gasteiger partial charge in [0, 0.05) is 22.8 Å². The number of carbonyl (C=O) groups excluding carboxylic acids is 1. The van der Waals surface area contributed by atoms with E-state index in [9.17, 15) is 4.79 Å². The fourth-order valence-electron chi connectivity index (χ4n) is 1.46. The second-order valence-electron chi connectivity index (χ2n) is 4.15. The molecule has 0 radical (unpaired) electrons. The van der Waals surface area contributed by atoms with Gasteiger partial charge in [0.15, 0.2) is 5.13 Å². The normalized spacial score (nSPS) is 10.6. The van der Waals surface area contributed by atoms with Crippen molar-refractivity contribution in [1.82, 2.24) is 9.97 Å². The summed E-state index contributed by atoms with van der Waals surface area (Å²) in [6.07, 6.45) is 1.64. The molecule has 0 fully saturated rings. The fraction of sp³-hybridized carbons (Fsp3) is 0.250. The van der Waals surface area contributed by atoms with E-state index in [1.807, 2.05) is 13.8 Å². The Balaban J connectivity index is 2.24. The first-order valence-electron chi connectivity index (χ1n) is 5.54. The monoisotopic (exact) mass is 262 g/mol. The van der Waals surface area contributed by atoms with E-state index in [4.69, 9.17) is 5.73 Å². The molecule has 0 saturated carbocycles. The molecule has 0 saturated heterocycles. The van der Waals surface area contributed by atoms with Crippen molar-refractivity contribution in [2.45, 2.75) is 19.8 Å². The summed E-state index contributed by atoms with van der Waals surface area (Å²) >= 11 is 1.37. The molecule has 3 N–H and O–H groups in total. The Hall–Kier alpha value is -1.95. The predicted octanol–water partition coefficient (Wildman–Crippen LogP) is 2.50. The zero-order chi connectivity index (χ0) is 13.1. The molecule has 0 aromatic carbocycles. The van der Waals surface area contributed by atoms with Crippen LogP contribution < -0.4 is 11.1 Å². The molecule has 5 nitrogen and oxygen atoms in total. The van der Waals surface area contributed by atoms with Crippen LogP contribution in [0, 0.1) is 0 Å². The lowest BCUT2D eigenvalue weighted by Crippen LogP contribution is -2.13. The van der Waals surface area contributed by atoms with Crippen LogP contribution >= 0.6 is 11.3 Å². The summed E-state index contributed by atoms with van der Waals surface area (Å²) in [5.74, 6) is 0.353. The molecule has 0 aliphatic carbocycles. The highest BCUT2D eigenvalue weighted by molar-refractivity contribution is 7.13. The van der Waals surface area contributed by atoms with Gasteiger partial charge in [-0.2, -0.15) is 0 Å². The standard InChI is InChI=1S/C12H14N4OS/c1-7(2)9-5-8(6-10(13)15-9)11(17)16-12-14-3-4-18-12/h3-7H,1-2H3,(H2,13,15)(H,14,16,17). The van der Waals surface area contributed by atoms with E-state index in [2.05, 4.69) is 15.3 Å². The quantitative estimate of drug-likeness (QED) is 0.890. The molecule has 0 aliphatic rings. The molecule has 94 valence electrons. The van der Waals surface area contributed by atoms with Crippen LogP contribution in [0.2, 0.25) is 0 Å². The molecule has 0 aliphatic heterocycles. The molecular weight excluding hydrogens is 248 g/mol. The highest BCUT2D eigenvalue weighted by Crippen LogP contribution is 2.18. The number of carbonyl (C=O) groups is 1. The SMILES string of the molecule is CC(C)c1cc(C(=O)Nc2nccs2)cc(N)n1. The van der Waals surface area contributed by atoms with Gasteiger partial charge in [-0.15, -0.1) is 11.3 Å². The Labute approximate surface area is 109 Å². The summed E-state index contributed by atoms with van der Waals surface area (Å²) in [5, 5.41) is 5.09. The van der Waals surface area contributed by atoms with Crippen molar-refractivity contribution in [3.8, 4) is 0 Å². The van der Waals surface area contributed by atoms with Gasteiger partial charge in [0.1, 0.15) is 5.82 Å². The Morgan fingerprint density at radius 1 is 1.44 bits per heavy atom. The van der Waals surface area contributed by atoms with Gasteiger partial charge in [-0.25, -0.2) is 9.97 Å². The van der Waals surface area contributed by atoms with Crippen LogP contribution in [0.15, 0.2) is 23.7 Å². The third-order valence-electron chi connectivity index (χ3n) is 2.37. The van der Waals surface area contributed by atoms with Crippen molar-refractivity contribution in [2.24, 2.45) is 0 Å². The van der Waals surface area contributed by atoms with E-state index in [0.717, 1.165) is 5.69 Å². The average Bonchev–Trinajstić information content (AvgIpc) is 2.80. The zero-order valence-electron chi connectivity index (χ0n) is 10.2. The number of nitrogens with two attached hydrogens (primary N) is 1. The summed E-state index contributed by atoms with van der Waals surface area (Å²) in [4.78, 5) is 20.2. The largest absolute Gasteiger partial charge is 0.384 e. The molecule has 18 heavy (non-hydrogen) atoms. The van der Waals surface area contributed by atoms with E-state index in [-0.39, 0.29) is 11.8 Å². The first-order chi connectivity index (χ1) is 8.56. The van der Waals surface area contributed by atoms with E-state index < -0.39 is 0 Å². The summed E-state index contributed by atoms with van der Waals surface area (Å²) in [7, 11) is 0. The molecule has 2 aromatic heterocycles. The van der Waals surface area contributed by atoms with Crippen LogP contribution in [0.4, 0.5) is 10.9 Å². The van der Waals surface area contributed by atoms with Gasteiger partial charge in [-0.05, 0) is 18.1 Å². The molecular formula is C12H14N4OS. The number of thiazole rings is 1. The number of hydrogen-bond donors (Lipinski definition) is 2. The molecule has 0 atom stereocenters. The topological polar surface area (TPSA) is 80.9 Å². The summed E-state index contributed by atoms with van der Waals surface area (Å²) in [6, 6.07) is 3.32. The van der Waals surface area contributed by atoms with Gasteiger partial charge in [0.05, 0.1) is 0 Å². The number of nitrogens with zero attached hydrogens (tertiary/aromatic N) is 2. The Morgan fingerprint density at radius 2 is 2.22 bits per heavy atom. The number of nitrogen functional groups attached to an aromatic ring is 1. The number of pyridine rings is 1. The van der Waals surface area contributed by atoms with Crippen molar-refractivity contribution in [3.63, 3.8) is 0 Å². The number of hydrogen-bond acceptors (Lipinski definition) is 5. The van der Waals surface area contributed by atoms with Crippen molar-refractivity contribution < 1.29 is 4.79 Å². The number of rotatable bonds is 3. The smallest absolute Gasteiger partial charge is 0.257 e. The average molecular weight is 262 g/mol. The van der Waals surface area contributed by atoms with Gasteiger partial charge >= 0.3 is 0 Å². The van der Waals surface area contributed by atoms with E-state index >= 15 is 0 Å². The van der Waals surface area contributed by atoms with Gasteiger partial charge < -0.3 is 5.73 Å². The maximum absolute atomic E-state index is 12.0. The Kier molecular flexibility index (Phi) is 3.57. The van der Waals surface area contributed by atoms with Crippen molar-refractivity contribution >= 4 is 28.2 Å². The molecule has 2 rings (SSSR count). The molecule has 1 amide bonds. The summed E-state index contributed by atoms with van der Waals surface area (Å²) in [5.41, 5.74) is 7.01. The van der Waals surface area contributed by atoms with E-state index in [1.54, 1.807) is 23.7 Å². The minimum Gasteiger partial charge on any atom is -0.384 e. The van der Waals surface area contributed by atoms with Crippen molar-refractivity contribution in [3.05, 3.63) is 35.0 Å². The van der Waals surface area contributed by atoms with E-state index in [0.29, 0.717) is 16.5 Å². The Morgan fingerprint density at radius 3 is 2.83 bits per heavy atom. The minimum atomic E-state index is -0.221. The molecule has 0 spiro atoms. The lowest BCUT2D eigenvalue weighted by molar-refractivity contribution is 0.102. The highest BCUT2D eigenvalue weighted by Gasteiger charge is 2.11. The van der Waals surface area contributed by atoms with Crippen LogP contribution in [0.1, 0.15) is 35.8 Å². The first-order valence-corrected chi connectivity index (χ1v) is 6.42. The third kappa shape index (κ3) is 2.84. The maximum atomic E-state index is 12.0. The van der Waals surface area contributed by atoms with Crippen molar-refractivity contribution in [1.29, 1.82) is 0 Å². The van der Waals surface area contributed by atoms with Crippen LogP contribution in [-0.2, 0) is 0 Å². The maximum Gasteiger partial charge on any atom is 0.257 e. The molecule has 0 bridgehead atoms. The zero-order valence-corrected chi connectivity index (χ0v) is 11.0. The van der Waals surface area contributed by atoms with Crippen molar-refractivity contribution in [2.75, 3.05) is 11.1 Å². The molecule has 2 aromatic rings.